The van der Waals surface area contributed by atoms with Crippen LogP contribution in [0.2, 0.25) is 5.15 Å². The lowest BCUT2D eigenvalue weighted by atomic mass is 10.1. The Morgan fingerprint density at radius 2 is 1.77 bits per heavy atom. The molecule has 0 N–H and O–H groups in total. The average Bonchev–Trinajstić information content (AvgIpc) is 2.47. The largest absolute Gasteiger partial charge is 0.457 e. The van der Waals surface area contributed by atoms with E-state index in [0.717, 1.165) is 17.5 Å². The molecule has 1 aromatic heterocycles. The molecule has 0 aliphatic carbocycles. The number of halogens is 4. The van der Waals surface area contributed by atoms with Crippen LogP contribution in [0.15, 0.2) is 54.7 Å². The molecule has 22 heavy (non-hydrogen) atoms. The van der Waals surface area contributed by atoms with E-state index in [0.29, 0.717) is 11.1 Å². The number of rotatable bonds is 2. The van der Waals surface area contributed by atoms with Crippen LogP contribution >= 0.6 is 11.6 Å². The Labute approximate surface area is 129 Å². The molecule has 0 fully saturated rings. The van der Waals surface area contributed by atoms with Gasteiger partial charge < -0.3 is 4.74 Å². The number of ether oxygens (including phenoxy) is 1. The lowest BCUT2D eigenvalue weighted by Crippen LogP contribution is -2.04. The van der Waals surface area contributed by atoms with E-state index in [-0.39, 0.29) is 10.9 Å². The number of aromatic nitrogens is 1. The monoisotopic (exact) mass is 323 g/mol. The molecule has 0 radical (unpaired) electrons. The Kier molecular flexibility index (Phi) is 3.66. The highest BCUT2D eigenvalue weighted by Gasteiger charge is 2.30. The molecule has 0 bridgehead atoms. The van der Waals surface area contributed by atoms with Crippen molar-refractivity contribution < 1.29 is 17.9 Å². The molecule has 0 saturated carbocycles. The van der Waals surface area contributed by atoms with Crippen molar-refractivity contribution in [2.75, 3.05) is 0 Å². The highest BCUT2D eigenvalue weighted by molar-refractivity contribution is 6.34. The van der Waals surface area contributed by atoms with Crippen LogP contribution in [0.5, 0.6) is 11.5 Å². The van der Waals surface area contributed by atoms with Crippen LogP contribution < -0.4 is 4.74 Å². The van der Waals surface area contributed by atoms with Crippen LogP contribution in [-0.4, -0.2) is 4.98 Å². The van der Waals surface area contributed by atoms with Gasteiger partial charge in [0.25, 0.3) is 0 Å². The summed E-state index contributed by atoms with van der Waals surface area (Å²) in [6.07, 6.45) is -2.87. The van der Waals surface area contributed by atoms with Crippen molar-refractivity contribution >= 4 is 22.4 Å². The first-order chi connectivity index (χ1) is 10.4. The lowest BCUT2D eigenvalue weighted by Gasteiger charge is -2.12. The summed E-state index contributed by atoms with van der Waals surface area (Å²) < 4.78 is 43.8. The number of alkyl halides is 3. The van der Waals surface area contributed by atoms with E-state index >= 15 is 0 Å². The molecule has 3 rings (SSSR count). The topological polar surface area (TPSA) is 22.1 Å². The number of benzene rings is 2. The second kappa shape index (κ2) is 5.50. The molecule has 0 amide bonds. The predicted molar refractivity (Wildman–Crippen MR) is 78.3 cm³/mol. The van der Waals surface area contributed by atoms with Gasteiger partial charge in [-0.3, -0.25) is 0 Å². The molecule has 0 unspecified atom stereocenters. The average molecular weight is 324 g/mol. The van der Waals surface area contributed by atoms with E-state index < -0.39 is 11.7 Å². The van der Waals surface area contributed by atoms with Gasteiger partial charge in [-0.2, -0.15) is 13.2 Å². The van der Waals surface area contributed by atoms with Crippen LogP contribution in [0.4, 0.5) is 13.2 Å². The van der Waals surface area contributed by atoms with Crippen molar-refractivity contribution in [3.8, 4) is 11.5 Å². The summed E-state index contributed by atoms with van der Waals surface area (Å²) in [4.78, 5) is 3.97. The van der Waals surface area contributed by atoms with Gasteiger partial charge in [-0.05, 0) is 35.7 Å². The maximum absolute atomic E-state index is 12.7. The van der Waals surface area contributed by atoms with Crippen molar-refractivity contribution in [1.82, 2.24) is 4.98 Å². The molecule has 112 valence electrons. The number of fused-ring (bicyclic) bond motifs is 1. The number of hydrogen-bond acceptors (Lipinski definition) is 2. The van der Waals surface area contributed by atoms with Crippen molar-refractivity contribution in [3.63, 3.8) is 0 Å². The van der Waals surface area contributed by atoms with Gasteiger partial charge in [0.15, 0.2) is 0 Å². The van der Waals surface area contributed by atoms with Crippen molar-refractivity contribution in [2.24, 2.45) is 0 Å². The summed E-state index contributed by atoms with van der Waals surface area (Å²) in [6.45, 7) is 0. The number of pyridine rings is 1. The van der Waals surface area contributed by atoms with Gasteiger partial charge >= 0.3 is 6.18 Å². The SMILES string of the molecule is FC(F)(F)c1cccc(Oc2cccc3ccnc(Cl)c23)c1. The highest BCUT2D eigenvalue weighted by Crippen LogP contribution is 2.36. The Morgan fingerprint density at radius 3 is 2.55 bits per heavy atom. The van der Waals surface area contributed by atoms with E-state index in [4.69, 9.17) is 16.3 Å². The van der Waals surface area contributed by atoms with E-state index in [1.165, 1.54) is 12.1 Å². The van der Waals surface area contributed by atoms with Gasteiger partial charge in [-0.25, -0.2) is 4.98 Å². The number of hydrogen-bond donors (Lipinski definition) is 0. The first-order valence-electron chi connectivity index (χ1n) is 6.33. The van der Waals surface area contributed by atoms with E-state index in [1.807, 2.05) is 6.07 Å². The lowest BCUT2D eigenvalue weighted by molar-refractivity contribution is -0.137. The van der Waals surface area contributed by atoms with Gasteiger partial charge in [-0.15, -0.1) is 0 Å². The summed E-state index contributed by atoms with van der Waals surface area (Å²) in [5.74, 6) is 0.442. The molecule has 0 aliphatic heterocycles. The maximum atomic E-state index is 12.7. The molecule has 0 aliphatic rings. The van der Waals surface area contributed by atoms with E-state index in [1.54, 1.807) is 24.4 Å². The van der Waals surface area contributed by atoms with Gasteiger partial charge in [0.2, 0.25) is 0 Å². The minimum atomic E-state index is -4.42. The molecule has 1 heterocycles. The summed E-state index contributed by atoms with van der Waals surface area (Å²) in [5.41, 5.74) is -0.769. The third-order valence-corrected chi connectivity index (χ3v) is 3.38. The minimum Gasteiger partial charge on any atom is -0.457 e. The molecule has 2 aromatic carbocycles. The van der Waals surface area contributed by atoms with E-state index in [9.17, 15) is 13.2 Å². The van der Waals surface area contributed by atoms with Gasteiger partial charge in [0.1, 0.15) is 16.7 Å². The van der Waals surface area contributed by atoms with E-state index in [2.05, 4.69) is 4.98 Å². The summed E-state index contributed by atoms with van der Waals surface area (Å²) in [7, 11) is 0. The Morgan fingerprint density at radius 1 is 1.00 bits per heavy atom. The fourth-order valence-electron chi connectivity index (χ4n) is 2.10. The second-order valence-corrected chi connectivity index (χ2v) is 4.94. The van der Waals surface area contributed by atoms with Crippen LogP contribution in [-0.2, 0) is 6.18 Å². The first-order valence-corrected chi connectivity index (χ1v) is 6.71. The standard InChI is InChI=1S/C16H9ClF3NO/c17-15-14-10(7-8-21-15)3-1-6-13(14)22-12-5-2-4-11(9-12)16(18,19)20/h1-9H. The third-order valence-electron chi connectivity index (χ3n) is 3.10. The van der Waals surface area contributed by atoms with Crippen LogP contribution in [0.25, 0.3) is 10.8 Å². The summed E-state index contributed by atoms with van der Waals surface area (Å²) in [6, 6.07) is 11.6. The quantitative estimate of drug-likeness (QED) is 0.564. The predicted octanol–water partition coefficient (Wildman–Crippen LogP) is 5.70. The van der Waals surface area contributed by atoms with Gasteiger partial charge in [0, 0.05) is 6.20 Å². The summed E-state index contributed by atoms with van der Waals surface area (Å²) >= 11 is 6.06. The Hall–Kier alpha value is -2.27. The molecular weight excluding hydrogens is 315 g/mol. The number of nitrogens with zero attached hydrogens (tertiary/aromatic N) is 1. The molecule has 0 spiro atoms. The molecule has 3 aromatic rings. The smallest absolute Gasteiger partial charge is 0.416 e. The molecule has 2 nitrogen and oxygen atoms in total. The van der Waals surface area contributed by atoms with Crippen molar-refractivity contribution in [2.45, 2.75) is 6.18 Å². The molecule has 0 saturated heterocycles. The molecule has 0 atom stereocenters. The van der Waals surface area contributed by atoms with Gasteiger partial charge in [0.05, 0.1) is 10.9 Å². The fourth-order valence-corrected chi connectivity index (χ4v) is 2.36. The molecule has 6 heteroatoms. The maximum Gasteiger partial charge on any atom is 0.416 e. The summed E-state index contributed by atoms with van der Waals surface area (Å²) in [5, 5.41) is 1.59. The van der Waals surface area contributed by atoms with Gasteiger partial charge in [-0.1, -0.05) is 29.8 Å². The zero-order valence-electron chi connectivity index (χ0n) is 11.1. The Bertz CT molecular complexity index is 828. The fraction of sp³-hybridized carbons (Fsp3) is 0.0625. The Balaban J connectivity index is 2.04. The minimum absolute atomic E-state index is 0.0854. The van der Waals surface area contributed by atoms with Crippen LogP contribution in [0.3, 0.4) is 0 Å². The first kappa shape index (κ1) is 14.7. The highest BCUT2D eigenvalue weighted by atomic mass is 35.5. The molecular formula is C16H9ClF3NO. The van der Waals surface area contributed by atoms with Crippen molar-refractivity contribution in [1.29, 1.82) is 0 Å². The third kappa shape index (κ3) is 2.85. The zero-order valence-corrected chi connectivity index (χ0v) is 11.8. The van der Waals surface area contributed by atoms with Crippen LogP contribution in [0.1, 0.15) is 5.56 Å². The normalized spacial score (nSPS) is 11.6. The van der Waals surface area contributed by atoms with Crippen LogP contribution in [0, 0.1) is 0 Å². The zero-order chi connectivity index (χ0) is 15.7. The van der Waals surface area contributed by atoms with Crippen molar-refractivity contribution in [3.05, 3.63) is 65.4 Å². The second-order valence-electron chi connectivity index (χ2n) is 4.58.